The molecule has 0 atom stereocenters. The molecular formula is C31H23N3O. The second-order valence-electron chi connectivity index (χ2n) is 8.28. The zero-order valence-corrected chi connectivity index (χ0v) is 19.1. The van der Waals surface area contributed by atoms with Crippen LogP contribution in [0.3, 0.4) is 0 Å². The normalized spacial score (nSPS) is 11.0. The van der Waals surface area contributed by atoms with Crippen LogP contribution in [0.15, 0.2) is 127 Å². The third-order valence-electron chi connectivity index (χ3n) is 5.98. The summed E-state index contributed by atoms with van der Waals surface area (Å²) >= 11 is 0. The van der Waals surface area contributed by atoms with Crippen molar-refractivity contribution in [2.24, 2.45) is 0 Å². The number of benzene rings is 4. The maximum atomic E-state index is 6.14. The van der Waals surface area contributed by atoms with Gasteiger partial charge in [-0.1, -0.05) is 109 Å². The molecule has 4 aromatic carbocycles. The third-order valence-corrected chi connectivity index (χ3v) is 5.98. The molecular weight excluding hydrogens is 430 g/mol. The van der Waals surface area contributed by atoms with Crippen LogP contribution in [0, 0.1) is 0 Å². The number of para-hydroxylation sites is 1. The highest BCUT2D eigenvalue weighted by Crippen LogP contribution is 2.34. The van der Waals surface area contributed by atoms with Crippen molar-refractivity contribution in [3.63, 3.8) is 0 Å². The number of rotatable bonds is 6. The number of hydrogen-bond donors (Lipinski definition) is 0. The molecule has 0 unspecified atom stereocenters. The van der Waals surface area contributed by atoms with Crippen LogP contribution in [-0.2, 0) is 6.61 Å². The summed E-state index contributed by atoms with van der Waals surface area (Å²) in [6.45, 7) is 0.340. The molecule has 0 aliphatic carbocycles. The van der Waals surface area contributed by atoms with Gasteiger partial charge in [0.25, 0.3) is 0 Å². The summed E-state index contributed by atoms with van der Waals surface area (Å²) in [6.07, 6.45) is 0. The first kappa shape index (κ1) is 20.9. The highest BCUT2D eigenvalue weighted by atomic mass is 16.5. The number of fused-ring (bicyclic) bond motifs is 1. The SMILES string of the molecule is c1ccc(OCc2nn3c(-c4ccccc4)cc(-c4ccccc4)nc3c2-c2ccccc2)cc1. The summed E-state index contributed by atoms with van der Waals surface area (Å²) in [5.74, 6) is 0.810. The maximum Gasteiger partial charge on any atom is 0.164 e. The Hall–Kier alpha value is -4.70. The lowest BCUT2D eigenvalue weighted by molar-refractivity contribution is 0.301. The first-order valence-electron chi connectivity index (χ1n) is 11.6. The monoisotopic (exact) mass is 453 g/mol. The predicted molar refractivity (Wildman–Crippen MR) is 140 cm³/mol. The van der Waals surface area contributed by atoms with Crippen molar-refractivity contribution in [1.82, 2.24) is 14.6 Å². The Kier molecular flexibility index (Phi) is 5.53. The van der Waals surface area contributed by atoms with Crippen molar-refractivity contribution in [2.45, 2.75) is 6.61 Å². The lowest BCUT2D eigenvalue weighted by Gasteiger charge is -2.10. The van der Waals surface area contributed by atoms with E-state index < -0.39 is 0 Å². The summed E-state index contributed by atoms with van der Waals surface area (Å²) < 4.78 is 8.09. The Bertz CT molecular complexity index is 1560. The fourth-order valence-corrected chi connectivity index (χ4v) is 4.30. The van der Waals surface area contributed by atoms with E-state index in [2.05, 4.69) is 42.5 Å². The van der Waals surface area contributed by atoms with Gasteiger partial charge in [-0.25, -0.2) is 9.50 Å². The zero-order valence-electron chi connectivity index (χ0n) is 19.1. The van der Waals surface area contributed by atoms with Crippen LogP contribution < -0.4 is 4.74 Å². The van der Waals surface area contributed by atoms with E-state index >= 15 is 0 Å². The lowest BCUT2D eigenvalue weighted by Crippen LogP contribution is -2.00. The zero-order chi connectivity index (χ0) is 23.5. The summed E-state index contributed by atoms with van der Waals surface area (Å²) in [5, 5.41) is 5.04. The molecule has 0 saturated carbocycles. The summed E-state index contributed by atoms with van der Waals surface area (Å²) in [5.41, 5.74) is 7.73. The molecule has 6 rings (SSSR count). The van der Waals surface area contributed by atoms with Crippen molar-refractivity contribution >= 4 is 5.65 Å². The fourth-order valence-electron chi connectivity index (χ4n) is 4.30. The van der Waals surface area contributed by atoms with E-state index in [1.54, 1.807) is 0 Å². The smallest absolute Gasteiger partial charge is 0.164 e. The molecule has 0 fully saturated rings. The van der Waals surface area contributed by atoms with E-state index in [-0.39, 0.29) is 0 Å². The first-order chi connectivity index (χ1) is 17.4. The molecule has 0 bridgehead atoms. The van der Waals surface area contributed by atoms with E-state index in [0.717, 1.165) is 50.7 Å². The second-order valence-corrected chi connectivity index (χ2v) is 8.28. The van der Waals surface area contributed by atoms with Crippen molar-refractivity contribution in [1.29, 1.82) is 0 Å². The molecule has 35 heavy (non-hydrogen) atoms. The summed E-state index contributed by atoms with van der Waals surface area (Å²) in [6, 6.07) is 42.9. The molecule has 4 nitrogen and oxygen atoms in total. The Balaban J connectivity index is 1.60. The van der Waals surface area contributed by atoms with Crippen LogP contribution in [0.25, 0.3) is 39.3 Å². The highest BCUT2D eigenvalue weighted by molar-refractivity contribution is 5.84. The minimum absolute atomic E-state index is 0.340. The molecule has 0 aliphatic heterocycles. The average Bonchev–Trinajstić information content (AvgIpc) is 3.32. The van der Waals surface area contributed by atoms with Gasteiger partial charge in [-0.3, -0.25) is 0 Å². The minimum atomic E-state index is 0.340. The molecule has 0 amide bonds. The van der Waals surface area contributed by atoms with Crippen molar-refractivity contribution < 1.29 is 4.74 Å². The molecule has 2 heterocycles. The van der Waals surface area contributed by atoms with Crippen molar-refractivity contribution in [3.05, 3.63) is 133 Å². The molecule has 2 aromatic heterocycles. The molecule has 4 heteroatoms. The molecule has 6 aromatic rings. The van der Waals surface area contributed by atoms with Gasteiger partial charge >= 0.3 is 0 Å². The van der Waals surface area contributed by atoms with Crippen LogP contribution in [-0.4, -0.2) is 14.6 Å². The van der Waals surface area contributed by atoms with E-state index in [0.29, 0.717) is 6.61 Å². The summed E-state index contributed by atoms with van der Waals surface area (Å²) in [7, 11) is 0. The van der Waals surface area contributed by atoms with Gasteiger partial charge in [0.2, 0.25) is 0 Å². The standard InChI is InChI=1S/C31H23N3O/c1-5-13-23(14-6-1)27-21-29(24-15-7-2-8-16-24)34-31(32-27)30(25-17-9-3-10-18-25)28(33-34)22-35-26-19-11-4-12-20-26/h1-21H,22H2. The van der Waals surface area contributed by atoms with Gasteiger partial charge in [0, 0.05) is 11.1 Å². The second kappa shape index (κ2) is 9.27. The van der Waals surface area contributed by atoms with E-state index in [9.17, 15) is 0 Å². The highest BCUT2D eigenvalue weighted by Gasteiger charge is 2.20. The Morgan fingerprint density at radius 1 is 0.600 bits per heavy atom. The molecule has 0 N–H and O–H groups in total. The number of ether oxygens (including phenoxy) is 1. The fraction of sp³-hybridized carbons (Fsp3) is 0.0323. The van der Waals surface area contributed by atoms with E-state index in [1.165, 1.54) is 0 Å². The molecule has 0 radical (unpaired) electrons. The first-order valence-corrected chi connectivity index (χ1v) is 11.6. The number of nitrogens with zero attached hydrogens (tertiary/aromatic N) is 3. The van der Waals surface area contributed by atoms with Crippen molar-refractivity contribution in [2.75, 3.05) is 0 Å². The number of hydrogen-bond acceptors (Lipinski definition) is 3. The molecule has 0 spiro atoms. The van der Waals surface area contributed by atoms with Crippen LogP contribution >= 0.6 is 0 Å². The van der Waals surface area contributed by atoms with Gasteiger partial charge in [-0.2, -0.15) is 5.10 Å². The van der Waals surface area contributed by atoms with Crippen LogP contribution in [0.2, 0.25) is 0 Å². The maximum absolute atomic E-state index is 6.14. The number of aromatic nitrogens is 3. The Morgan fingerprint density at radius 2 is 1.14 bits per heavy atom. The largest absolute Gasteiger partial charge is 0.487 e. The Labute approximate surface area is 204 Å². The van der Waals surface area contributed by atoms with Gasteiger partial charge in [0.15, 0.2) is 5.65 Å². The Morgan fingerprint density at radius 3 is 1.77 bits per heavy atom. The minimum Gasteiger partial charge on any atom is -0.487 e. The molecule has 0 aliphatic rings. The van der Waals surface area contributed by atoms with Gasteiger partial charge < -0.3 is 4.74 Å². The van der Waals surface area contributed by atoms with Crippen molar-refractivity contribution in [3.8, 4) is 39.4 Å². The lowest BCUT2D eigenvalue weighted by atomic mass is 10.0. The summed E-state index contributed by atoms with van der Waals surface area (Å²) in [4.78, 5) is 5.13. The van der Waals surface area contributed by atoms with Crippen LogP contribution in [0.4, 0.5) is 0 Å². The molecule has 168 valence electrons. The quantitative estimate of drug-likeness (QED) is 0.265. The van der Waals surface area contributed by atoms with Crippen LogP contribution in [0.5, 0.6) is 5.75 Å². The van der Waals surface area contributed by atoms with Crippen LogP contribution in [0.1, 0.15) is 5.69 Å². The third kappa shape index (κ3) is 4.18. The average molecular weight is 454 g/mol. The predicted octanol–water partition coefficient (Wildman–Crippen LogP) is 7.31. The van der Waals surface area contributed by atoms with E-state index in [4.69, 9.17) is 14.8 Å². The van der Waals surface area contributed by atoms with Gasteiger partial charge in [0.1, 0.15) is 18.1 Å². The van der Waals surface area contributed by atoms with E-state index in [1.807, 2.05) is 89.4 Å². The topological polar surface area (TPSA) is 39.4 Å². The molecule has 0 saturated heterocycles. The van der Waals surface area contributed by atoms with Gasteiger partial charge in [0.05, 0.1) is 17.0 Å². The van der Waals surface area contributed by atoms with Gasteiger partial charge in [-0.05, 0) is 23.8 Å². The van der Waals surface area contributed by atoms with Gasteiger partial charge in [-0.15, -0.1) is 0 Å².